The lowest BCUT2D eigenvalue weighted by molar-refractivity contribution is -0.125. The van der Waals surface area contributed by atoms with Gasteiger partial charge in [-0.1, -0.05) is 18.7 Å². The summed E-state index contributed by atoms with van der Waals surface area (Å²) in [5.74, 6) is 0.459. The van der Waals surface area contributed by atoms with E-state index in [2.05, 4.69) is 50.0 Å². The van der Waals surface area contributed by atoms with E-state index < -0.39 is 23.8 Å². The Morgan fingerprint density at radius 3 is 2.43 bits per heavy atom. The number of ether oxygens (including phenoxy) is 3. The molecule has 4 aromatic heterocycles. The maximum absolute atomic E-state index is 13.1. The van der Waals surface area contributed by atoms with Crippen LogP contribution in [0.2, 0.25) is 0 Å². The largest absolute Gasteiger partial charge is 0.494 e. The Labute approximate surface area is 310 Å². The number of imide groups is 1. The molecule has 12 heteroatoms. The van der Waals surface area contributed by atoms with E-state index in [0.29, 0.717) is 55.4 Å². The number of rotatable bonds is 11. The van der Waals surface area contributed by atoms with Crippen LogP contribution < -0.4 is 19.5 Å². The molecule has 1 atom stereocenters. The van der Waals surface area contributed by atoms with E-state index in [1.54, 1.807) is 30.6 Å². The Bertz CT molecular complexity index is 2440. The minimum Gasteiger partial charge on any atom is -0.494 e. The summed E-state index contributed by atoms with van der Waals surface area (Å²) in [6.07, 6.45) is 11.1. The zero-order chi connectivity index (χ0) is 36.8. The summed E-state index contributed by atoms with van der Waals surface area (Å²) in [5.41, 5.74) is 6.24. The van der Waals surface area contributed by atoms with Gasteiger partial charge in [0.05, 0.1) is 23.9 Å². The van der Waals surface area contributed by atoms with Crippen LogP contribution in [0.25, 0.3) is 32.9 Å². The molecule has 1 unspecified atom stereocenters. The van der Waals surface area contributed by atoms with Crippen LogP contribution in [-0.2, 0) is 11.2 Å². The van der Waals surface area contributed by atoms with Crippen LogP contribution in [0, 0.1) is 0 Å². The summed E-state index contributed by atoms with van der Waals surface area (Å²) >= 11 is 0. The standard InChI is InChI=1S/C42H36N6O6/c1-24-4-12-38(40(49)46-24)48-41(50)33-11-9-28(20-34(33)42(48)51)52-16-2-3-27-7-8-29(22-44-27)53-30-18-31(19-30)54-39-13-6-26(21-45-39)25-5-10-32-35-23-43-15-14-36(35)47-37(32)17-25/h5-11,13-15,17,20-23,30-31,38,47H,1-4,12,16,18-19H2,(H,46,49). The van der Waals surface area contributed by atoms with E-state index in [1.807, 2.05) is 42.7 Å². The number of aryl methyl sites for hydroxylation is 1. The lowest BCUT2D eigenvalue weighted by Crippen LogP contribution is -2.51. The summed E-state index contributed by atoms with van der Waals surface area (Å²) in [6.45, 7) is 4.16. The van der Waals surface area contributed by atoms with Gasteiger partial charge in [0, 0.05) is 76.3 Å². The van der Waals surface area contributed by atoms with Gasteiger partial charge >= 0.3 is 0 Å². The van der Waals surface area contributed by atoms with Crippen molar-refractivity contribution in [2.24, 2.45) is 0 Å². The van der Waals surface area contributed by atoms with Gasteiger partial charge < -0.3 is 24.5 Å². The van der Waals surface area contributed by atoms with Gasteiger partial charge in [-0.05, 0) is 79.8 Å². The van der Waals surface area contributed by atoms with Crippen LogP contribution in [-0.4, -0.2) is 67.4 Å². The van der Waals surface area contributed by atoms with Crippen LogP contribution in [0.4, 0.5) is 0 Å². The zero-order valence-electron chi connectivity index (χ0n) is 29.3. The molecule has 0 spiro atoms. The van der Waals surface area contributed by atoms with Crippen molar-refractivity contribution in [3.05, 3.63) is 121 Å². The Kier molecular flexibility index (Phi) is 8.49. The molecule has 2 fully saturated rings. The highest BCUT2D eigenvalue weighted by atomic mass is 16.5. The molecule has 2 N–H and O–H groups in total. The van der Waals surface area contributed by atoms with Gasteiger partial charge in [0.1, 0.15) is 29.7 Å². The molecule has 12 nitrogen and oxygen atoms in total. The number of hydrogen-bond donors (Lipinski definition) is 2. The monoisotopic (exact) mass is 720 g/mol. The van der Waals surface area contributed by atoms with E-state index in [-0.39, 0.29) is 23.3 Å². The minimum atomic E-state index is -0.845. The molecule has 9 rings (SSSR count). The van der Waals surface area contributed by atoms with Crippen LogP contribution in [0.5, 0.6) is 17.4 Å². The number of H-pyrrole nitrogens is 1. The Hall–Kier alpha value is -6.56. The highest BCUT2D eigenvalue weighted by Gasteiger charge is 2.44. The topological polar surface area (TPSA) is 149 Å². The molecule has 3 aliphatic rings. The fourth-order valence-electron chi connectivity index (χ4n) is 7.31. The average molecular weight is 721 g/mol. The van der Waals surface area contributed by atoms with Gasteiger partial charge in [0.25, 0.3) is 11.8 Å². The molecular formula is C42H36N6O6. The third-order valence-corrected chi connectivity index (χ3v) is 10.3. The first-order valence-electron chi connectivity index (χ1n) is 18.1. The summed E-state index contributed by atoms with van der Waals surface area (Å²) in [4.78, 5) is 56.5. The minimum absolute atomic E-state index is 0.0411. The number of fused-ring (bicyclic) bond motifs is 4. The fourth-order valence-corrected chi connectivity index (χ4v) is 7.31. The van der Waals surface area contributed by atoms with Gasteiger partial charge in [-0.2, -0.15) is 0 Å². The molecule has 3 amide bonds. The number of nitrogens with one attached hydrogen (secondary N) is 2. The summed E-state index contributed by atoms with van der Waals surface area (Å²) in [5, 5.41) is 4.90. The average Bonchev–Trinajstić information content (AvgIpc) is 3.66. The Morgan fingerprint density at radius 1 is 0.778 bits per heavy atom. The molecule has 6 heterocycles. The number of carbonyl (C=O) groups excluding carboxylic acids is 3. The van der Waals surface area contributed by atoms with Gasteiger partial charge in [0.15, 0.2) is 0 Å². The second kappa shape index (κ2) is 13.8. The SMILES string of the molecule is C=C1CCC(N2C(=O)c3ccc(OCCCc4ccc(OC5CC(Oc6ccc(-c7ccc8c(c7)[nH]c7ccncc78)cn6)C5)cn4)cc3C2=O)C(=O)N1. The first-order valence-corrected chi connectivity index (χ1v) is 18.1. The van der Waals surface area contributed by atoms with E-state index in [0.717, 1.165) is 56.4 Å². The third kappa shape index (κ3) is 6.40. The normalized spacial score (nSPS) is 19.5. The number of benzene rings is 2. The number of pyridine rings is 3. The predicted molar refractivity (Wildman–Crippen MR) is 200 cm³/mol. The maximum Gasteiger partial charge on any atom is 0.262 e. The van der Waals surface area contributed by atoms with Gasteiger partial charge in [0.2, 0.25) is 11.8 Å². The van der Waals surface area contributed by atoms with E-state index >= 15 is 0 Å². The van der Waals surface area contributed by atoms with Gasteiger partial charge in [-0.25, -0.2) is 4.98 Å². The molecule has 2 aromatic carbocycles. The molecule has 2 aliphatic heterocycles. The van der Waals surface area contributed by atoms with Crippen molar-refractivity contribution in [1.29, 1.82) is 0 Å². The number of aromatic amines is 1. The van der Waals surface area contributed by atoms with Crippen molar-refractivity contribution in [2.75, 3.05) is 6.61 Å². The molecule has 1 aliphatic carbocycles. The molecular weight excluding hydrogens is 684 g/mol. The van der Waals surface area contributed by atoms with Crippen molar-refractivity contribution in [1.82, 2.24) is 30.2 Å². The Morgan fingerprint density at radius 2 is 1.61 bits per heavy atom. The molecule has 0 bridgehead atoms. The number of carbonyl (C=O) groups is 3. The van der Waals surface area contributed by atoms with E-state index in [4.69, 9.17) is 14.2 Å². The quantitative estimate of drug-likeness (QED) is 0.112. The smallest absolute Gasteiger partial charge is 0.262 e. The van der Waals surface area contributed by atoms with Gasteiger partial charge in [-0.15, -0.1) is 0 Å². The molecule has 270 valence electrons. The maximum atomic E-state index is 13.1. The first-order chi connectivity index (χ1) is 26.4. The number of hydrogen-bond acceptors (Lipinski definition) is 9. The fraction of sp³-hybridized carbons (Fsp3) is 0.238. The predicted octanol–water partition coefficient (Wildman–Crippen LogP) is 6.56. The zero-order valence-corrected chi connectivity index (χ0v) is 29.3. The molecule has 54 heavy (non-hydrogen) atoms. The number of piperidine rings is 1. The van der Waals surface area contributed by atoms with Crippen LogP contribution in [0.1, 0.15) is 58.5 Å². The molecule has 6 aromatic rings. The molecule has 0 radical (unpaired) electrons. The lowest BCUT2D eigenvalue weighted by Gasteiger charge is -2.34. The van der Waals surface area contributed by atoms with Crippen molar-refractivity contribution in [3.63, 3.8) is 0 Å². The second-order valence-electron chi connectivity index (χ2n) is 13.9. The van der Waals surface area contributed by atoms with Crippen LogP contribution in [0.3, 0.4) is 0 Å². The Balaban J connectivity index is 0.709. The van der Waals surface area contributed by atoms with Gasteiger partial charge in [-0.3, -0.25) is 29.3 Å². The van der Waals surface area contributed by atoms with Crippen molar-refractivity contribution < 1.29 is 28.6 Å². The summed E-state index contributed by atoms with van der Waals surface area (Å²) < 4.78 is 18.1. The van der Waals surface area contributed by atoms with E-state index in [1.165, 1.54) is 0 Å². The molecule has 1 saturated carbocycles. The van der Waals surface area contributed by atoms with E-state index in [9.17, 15) is 14.4 Å². The highest BCUT2D eigenvalue weighted by Crippen LogP contribution is 2.33. The number of nitrogens with zero attached hydrogens (tertiary/aromatic N) is 4. The summed E-state index contributed by atoms with van der Waals surface area (Å²) in [6, 6.07) is 20.2. The lowest BCUT2D eigenvalue weighted by atomic mass is 9.92. The second-order valence-corrected chi connectivity index (χ2v) is 13.9. The first kappa shape index (κ1) is 33.3. The molecule has 1 saturated heterocycles. The van der Waals surface area contributed by atoms with Crippen molar-refractivity contribution in [2.45, 2.75) is 56.8 Å². The van der Waals surface area contributed by atoms with Crippen LogP contribution in [0.15, 0.2) is 104 Å². The number of aromatic nitrogens is 4. The number of amides is 3. The van der Waals surface area contributed by atoms with Crippen molar-refractivity contribution >= 4 is 39.5 Å². The van der Waals surface area contributed by atoms with Crippen LogP contribution >= 0.6 is 0 Å². The summed E-state index contributed by atoms with van der Waals surface area (Å²) in [7, 11) is 0. The number of allylic oxidation sites excluding steroid dienone is 1. The highest BCUT2D eigenvalue weighted by molar-refractivity contribution is 6.23. The van der Waals surface area contributed by atoms with Crippen molar-refractivity contribution in [3.8, 4) is 28.5 Å². The third-order valence-electron chi connectivity index (χ3n) is 10.3.